The van der Waals surface area contributed by atoms with Crippen LogP contribution in [0.1, 0.15) is 24.8 Å². The zero-order valence-electron chi connectivity index (χ0n) is 13.3. The molecular formula is C16H17Cl2N5OS. The topological polar surface area (TPSA) is 87.0 Å². The van der Waals surface area contributed by atoms with Crippen LogP contribution in [0.25, 0.3) is 0 Å². The highest BCUT2D eigenvalue weighted by molar-refractivity contribution is 7.81. The Morgan fingerprint density at radius 3 is 2.44 bits per heavy atom. The van der Waals surface area contributed by atoms with E-state index < -0.39 is 0 Å². The minimum atomic E-state index is -0.376. The molecule has 0 atom stereocenters. The van der Waals surface area contributed by atoms with Crippen molar-refractivity contribution in [2.45, 2.75) is 19.3 Å². The number of aromatic nitrogens is 2. The third kappa shape index (κ3) is 4.23. The molecule has 2 aromatic rings. The number of thiocarbonyl (C=S) groups is 1. The Balaban J connectivity index is 1.86. The Bertz CT molecular complexity index is 844. The number of hydrogen-bond donors (Lipinski definition) is 3. The highest BCUT2D eigenvalue weighted by atomic mass is 35.5. The molecule has 2 heterocycles. The number of rotatable bonds is 3. The number of nitrogens with one attached hydrogen (secondary N) is 2. The van der Waals surface area contributed by atoms with Gasteiger partial charge in [-0.1, -0.05) is 35.4 Å². The number of halogens is 2. The fourth-order valence-electron chi connectivity index (χ4n) is 2.77. The van der Waals surface area contributed by atoms with E-state index in [9.17, 15) is 4.79 Å². The maximum absolute atomic E-state index is 12.5. The van der Waals surface area contributed by atoms with Gasteiger partial charge in [0.15, 0.2) is 0 Å². The molecule has 9 heteroatoms. The smallest absolute Gasteiger partial charge is 0.264 e. The molecule has 0 saturated carbocycles. The lowest BCUT2D eigenvalue weighted by atomic mass is 10.1. The van der Waals surface area contributed by atoms with Crippen LogP contribution < -0.4 is 21.5 Å². The van der Waals surface area contributed by atoms with Crippen LogP contribution in [0.15, 0.2) is 23.0 Å². The van der Waals surface area contributed by atoms with Gasteiger partial charge in [0.25, 0.3) is 5.56 Å². The van der Waals surface area contributed by atoms with E-state index in [4.69, 9.17) is 41.2 Å². The van der Waals surface area contributed by atoms with Gasteiger partial charge in [0.2, 0.25) is 5.95 Å². The van der Waals surface area contributed by atoms with Crippen molar-refractivity contribution < 1.29 is 0 Å². The summed E-state index contributed by atoms with van der Waals surface area (Å²) in [5.41, 5.74) is 6.33. The van der Waals surface area contributed by atoms with Crippen LogP contribution in [0.3, 0.4) is 0 Å². The van der Waals surface area contributed by atoms with Crippen molar-refractivity contribution in [1.82, 2.24) is 9.97 Å². The molecule has 0 radical (unpaired) electrons. The van der Waals surface area contributed by atoms with E-state index in [0.29, 0.717) is 21.7 Å². The lowest BCUT2D eigenvalue weighted by Crippen LogP contribution is -2.34. The summed E-state index contributed by atoms with van der Waals surface area (Å²) in [7, 11) is 0. The number of H-pyrrole nitrogens is 1. The molecule has 1 aliphatic heterocycles. The van der Waals surface area contributed by atoms with Crippen molar-refractivity contribution in [2.24, 2.45) is 0 Å². The van der Waals surface area contributed by atoms with Crippen LogP contribution in [-0.4, -0.2) is 28.0 Å². The van der Waals surface area contributed by atoms with Crippen LogP contribution in [0, 0.1) is 0 Å². The molecule has 0 bridgehead atoms. The van der Waals surface area contributed by atoms with Crippen molar-refractivity contribution in [3.8, 4) is 0 Å². The van der Waals surface area contributed by atoms with E-state index in [1.54, 1.807) is 18.2 Å². The van der Waals surface area contributed by atoms with Crippen LogP contribution in [0.4, 0.5) is 17.5 Å². The Labute approximate surface area is 160 Å². The first-order chi connectivity index (χ1) is 11.9. The first kappa shape index (κ1) is 18.0. The van der Waals surface area contributed by atoms with E-state index in [1.165, 1.54) is 6.42 Å². The van der Waals surface area contributed by atoms with Gasteiger partial charge in [-0.05, 0) is 37.5 Å². The number of nitrogen functional groups attached to an aromatic ring is 1. The average molecular weight is 398 g/mol. The standard InChI is InChI=1S/C16H17Cl2N5OS/c17-9-6-10(18)8-11(7-9)20-15(25)12-13(19)21-16(22-14(12)24)23-4-2-1-3-5-23/h6-8H,1-5H2,(H,20,25)(H3,19,21,22,24). The fraction of sp³-hybridized carbons (Fsp3) is 0.312. The number of nitrogens with zero attached hydrogens (tertiary/aromatic N) is 2. The Kier molecular flexibility index (Phi) is 5.46. The van der Waals surface area contributed by atoms with Gasteiger partial charge in [-0.25, -0.2) is 0 Å². The minimum Gasteiger partial charge on any atom is -0.383 e. The second-order valence-corrected chi connectivity index (χ2v) is 7.09. The molecular weight excluding hydrogens is 381 g/mol. The zero-order valence-corrected chi connectivity index (χ0v) is 15.6. The quantitative estimate of drug-likeness (QED) is 0.687. The molecule has 132 valence electrons. The first-order valence-corrected chi connectivity index (χ1v) is 9.02. The van der Waals surface area contributed by atoms with E-state index in [0.717, 1.165) is 25.9 Å². The molecule has 25 heavy (non-hydrogen) atoms. The highest BCUT2D eigenvalue weighted by Gasteiger charge is 2.18. The largest absolute Gasteiger partial charge is 0.383 e. The summed E-state index contributed by atoms with van der Waals surface area (Å²) >= 11 is 17.3. The SMILES string of the molecule is Nc1nc(N2CCCCC2)[nH]c(=O)c1C(=S)Nc1cc(Cl)cc(Cl)c1. The van der Waals surface area contributed by atoms with Gasteiger partial charge >= 0.3 is 0 Å². The van der Waals surface area contributed by atoms with Crippen molar-refractivity contribution >= 4 is 57.9 Å². The number of hydrogen-bond acceptors (Lipinski definition) is 5. The maximum Gasteiger partial charge on any atom is 0.264 e. The van der Waals surface area contributed by atoms with Crippen LogP contribution in [0.2, 0.25) is 10.0 Å². The normalized spacial score (nSPS) is 14.4. The molecule has 1 fully saturated rings. The third-order valence-electron chi connectivity index (χ3n) is 3.94. The van der Waals surface area contributed by atoms with Gasteiger partial charge in [0, 0.05) is 28.8 Å². The fourth-order valence-corrected chi connectivity index (χ4v) is 3.61. The van der Waals surface area contributed by atoms with E-state index >= 15 is 0 Å². The maximum atomic E-state index is 12.5. The molecule has 0 amide bonds. The van der Waals surface area contributed by atoms with E-state index in [-0.39, 0.29) is 21.9 Å². The lowest BCUT2D eigenvalue weighted by molar-refractivity contribution is 0.568. The Morgan fingerprint density at radius 2 is 1.84 bits per heavy atom. The molecule has 0 spiro atoms. The summed E-state index contributed by atoms with van der Waals surface area (Å²) in [4.78, 5) is 21.8. The van der Waals surface area contributed by atoms with Crippen molar-refractivity contribution in [3.63, 3.8) is 0 Å². The van der Waals surface area contributed by atoms with Crippen molar-refractivity contribution in [3.05, 3.63) is 44.2 Å². The van der Waals surface area contributed by atoms with Crippen molar-refractivity contribution in [1.29, 1.82) is 0 Å². The average Bonchev–Trinajstić information content (AvgIpc) is 2.54. The molecule has 4 N–H and O–H groups in total. The van der Waals surface area contributed by atoms with Gasteiger partial charge in [-0.3, -0.25) is 9.78 Å². The van der Waals surface area contributed by atoms with Gasteiger partial charge in [-0.15, -0.1) is 0 Å². The molecule has 6 nitrogen and oxygen atoms in total. The third-order valence-corrected chi connectivity index (χ3v) is 4.68. The Morgan fingerprint density at radius 1 is 1.20 bits per heavy atom. The summed E-state index contributed by atoms with van der Waals surface area (Å²) in [6.45, 7) is 1.71. The molecule has 3 rings (SSSR count). The molecule has 1 aromatic carbocycles. The van der Waals surface area contributed by atoms with Gasteiger partial charge in [-0.2, -0.15) is 4.98 Å². The summed E-state index contributed by atoms with van der Waals surface area (Å²) in [6.07, 6.45) is 3.33. The number of nitrogens with two attached hydrogens (primary N) is 1. The summed E-state index contributed by atoms with van der Waals surface area (Å²) in [5, 5.41) is 3.84. The summed E-state index contributed by atoms with van der Waals surface area (Å²) < 4.78 is 0. The van der Waals surface area contributed by atoms with Crippen LogP contribution >= 0.6 is 35.4 Å². The number of anilines is 3. The predicted molar refractivity (Wildman–Crippen MR) is 107 cm³/mol. The molecule has 1 aliphatic rings. The second kappa shape index (κ2) is 7.59. The molecule has 0 unspecified atom stereocenters. The van der Waals surface area contributed by atoms with Gasteiger partial charge < -0.3 is 16.0 Å². The lowest BCUT2D eigenvalue weighted by Gasteiger charge is -2.27. The van der Waals surface area contributed by atoms with E-state index in [1.807, 2.05) is 4.90 Å². The van der Waals surface area contributed by atoms with E-state index in [2.05, 4.69) is 15.3 Å². The Hall–Kier alpha value is -1.83. The molecule has 1 saturated heterocycles. The van der Waals surface area contributed by atoms with Gasteiger partial charge in [0.05, 0.1) is 0 Å². The predicted octanol–water partition coefficient (Wildman–Crippen LogP) is 3.44. The van der Waals surface area contributed by atoms with Crippen LogP contribution in [0.5, 0.6) is 0 Å². The summed E-state index contributed by atoms with van der Waals surface area (Å²) in [5.74, 6) is 0.578. The molecule has 1 aromatic heterocycles. The molecule has 0 aliphatic carbocycles. The van der Waals surface area contributed by atoms with Crippen LogP contribution in [-0.2, 0) is 0 Å². The summed E-state index contributed by atoms with van der Waals surface area (Å²) in [6, 6.07) is 4.91. The highest BCUT2D eigenvalue weighted by Crippen LogP contribution is 2.23. The second-order valence-electron chi connectivity index (χ2n) is 5.81. The minimum absolute atomic E-state index is 0.0925. The van der Waals surface area contributed by atoms with Gasteiger partial charge in [0.1, 0.15) is 16.4 Å². The number of aromatic amines is 1. The first-order valence-electron chi connectivity index (χ1n) is 7.86. The number of piperidine rings is 1. The van der Waals surface area contributed by atoms with Crippen molar-refractivity contribution in [2.75, 3.05) is 29.0 Å². The monoisotopic (exact) mass is 397 g/mol. The zero-order chi connectivity index (χ0) is 18.0. The number of benzene rings is 1.